The monoisotopic (exact) mass is 512 g/mol. The Bertz CT molecular complexity index is 1060. The molecule has 0 unspecified atom stereocenters. The van der Waals surface area contributed by atoms with Crippen LogP contribution in [-0.2, 0) is 23.9 Å². The molecule has 11 atom stereocenters. The molecule has 5 aliphatic carbocycles. The van der Waals surface area contributed by atoms with Gasteiger partial charge in [-0.25, -0.2) is 0 Å². The summed E-state index contributed by atoms with van der Waals surface area (Å²) in [6.07, 6.45) is 8.93. The van der Waals surface area contributed by atoms with E-state index in [1.807, 2.05) is 6.92 Å². The minimum Gasteiger partial charge on any atom is -0.462 e. The summed E-state index contributed by atoms with van der Waals surface area (Å²) in [5.74, 6) is 1.79. The van der Waals surface area contributed by atoms with E-state index in [1.165, 1.54) is 19.3 Å². The molecule has 2 saturated heterocycles. The van der Waals surface area contributed by atoms with Crippen LogP contribution >= 0.6 is 0 Å². The Hall–Kier alpha value is -1.39. The van der Waals surface area contributed by atoms with Crippen molar-refractivity contribution in [2.45, 2.75) is 125 Å². The average molecular weight is 513 g/mol. The minimum atomic E-state index is -0.956. The van der Waals surface area contributed by atoms with Crippen LogP contribution in [0.5, 0.6) is 0 Å². The Morgan fingerprint density at radius 2 is 1.57 bits per heavy atom. The molecule has 5 saturated carbocycles. The van der Waals surface area contributed by atoms with Gasteiger partial charge in [-0.15, -0.1) is 0 Å². The molecule has 0 N–H and O–H groups in total. The number of hydrogen-bond donors (Lipinski definition) is 0. The van der Waals surface area contributed by atoms with Crippen molar-refractivity contribution in [2.24, 2.45) is 56.7 Å². The van der Waals surface area contributed by atoms with E-state index in [0.29, 0.717) is 24.2 Å². The first-order valence-electron chi connectivity index (χ1n) is 15.0. The van der Waals surface area contributed by atoms with Gasteiger partial charge in [0.05, 0.1) is 5.41 Å². The Morgan fingerprint density at radius 3 is 2.24 bits per heavy atom. The maximum absolute atomic E-state index is 13.5. The van der Waals surface area contributed by atoms with Crippen LogP contribution in [0.3, 0.4) is 0 Å². The van der Waals surface area contributed by atoms with Crippen LogP contribution in [0, 0.1) is 56.7 Å². The van der Waals surface area contributed by atoms with Gasteiger partial charge in [0.2, 0.25) is 0 Å². The van der Waals surface area contributed by atoms with Crippen molar-refractivity contribution in [3.05, 3.63) is 0 Å². The van der Waals surface area contributed by atoms with Crippen LogP contribution in [0.25, 0.3) is 0 Å². The van der Waals surface area contributed by atoms with Crippen LogP contribution in [-0.4, -0.2) is 29.4 Å². The van der Waals surface area contributed by atoms with Gasteiger partial charge in [-0.05, 0) is 98.2 Å². The van der Waals surface area contributed by atoms with Crippen LogP contribution in [0.15, 0.2) is 0 Å². The number of Topliss-reactive ketones (excluding diaryl/α,β-unsaturated/α-hetero) is 1. The summed E-state index contributed by atoms with van der Waals surface area (Å²) >= 11 is 0. The highest BCUT2D eigenvalue weighted by Gasteiger charge is 2.76. The summed E-state index contributed by atoms with van der Waals surface area (Å²) in [5.41, 5.74) is -1.05. The second-order valence-electron chi connectivity index (χ2n) is 15.7. The number of rotatable bonds is 1. The van der Waals surface area contributed by atoms with Gasteiger partial charge >= 0.3 is 11.9 Å². The first kappa shape index (κ1) is 25.9. The van der Waals surface area contributed by atoms with Crippen LogP contribution in [0.1, 0.15) is 113 Å². The number of fused-ring (bicyclic) bond motifs is 7. The molecule has 0 aromatic heterocycles. The fourth-order valence-electron chi connectivity index (χ4n) is 12.3. The van der Waals surface area contributed by atoms with Crippen molar-refractivity contribution < 1.29 is 23.9 Å². The van der Waals surface area contributed by atoms with E-state index in [0.717, 1.165) is 32.1 Å². The lowest BCUT2D eigenvalue weighted by molar-refractivity contribution is -0.281. The molecule has 7 rings (SSSR count). The Kier molecular flexibility index (Phi) is 5.18. The summed E-state index contributed by atoms with van der Waals surface area (Å²) < 4.78 is 11.8. The molecule has 5 nitrogen and oxygen atoms in total. The van der Waals surface area contributed by atoms with Gasteiger partial charge in [-0.1, -0.05) is 41.5 Å². The molecular weight excluding hydrogens is 464 g/mol. The third-order valence-electron chi connectivity index (χ3n) is 14.5. The van der Waals surface area contributed by atoms with Crippen LogP contribution in [0.2, 0.25) is 0 Å². The number of hydrogen-bond acceptors (Lipinski definition) is 5. The van der Waals surface area contributed by atoms with Crippen molar-refractivity contribution in [2.75, 3.05) is 0 Å². The molecule has 2 aliphatic heterocycles. The quantitative estimate of drug-likeness (QED) is 0.374. The predicted molar refractivity (Wildman–Crippen MR) is 140 cm³/mol. The molecule has 0 aromatic rings. The SMILES string of the molecule is CC(=O)O[C@H]1CC[C@@]2(C)[C@H]3CC[C@H]4[C@H]5[C@@H](C)[C@@]6(C)OC(=O)[C@]5(CC[C@@]4(C)[C@@]3(C)CC[C@H]2C1(C)C)CC6=O. The highest BCUT2D eigenvalue weighted by atomic mass is 16.6. The predicted octanol–water partition coefficient (Wildman–Crippen LogP) is 6.51. The van der Waals surface area contributed by atoms with Gasteiger partial charge in [0.15, 0.2) is 11.4 Å². The third-order valence-corrected chi connectivity index (χ3v) is 14.5. The second kappa shape index (κ2) is 7.42. The average Bonchev–Trinajstić information content (AvgIpc) is 2.79. The first-order chi connectivity index (χ1) is 17.1. The molecule has 1 spiro atoms. The van der Waals surface area contributed by atoms with E-state index in [4.69, 9.17) is 9.47 Å². The maximum atomic E-state index is 13.5. The number of carbonyl (C=O) groups is 3. The zero-order valence-corrected chi connectivity index (χ0v) is 24.4. The van der Waals surface area contributed by atoms with Crippen molar-refractivity contribution >= 4 is 17.7 Å². The zero-order chi connectivity index (χ0) is 27.0. The van der Waals surface area contributed by atoms with E-state index in [1.54, 1.807) is 6.92 Å². The Morgan fingerprint density at radius 1 is 0.865 bits per heavy atom. The summed E-state index contributed by atoms with van der Waals surface area (Å²) in [4.78, 5) is 38.5. The topological polar surface area (TPSA) is 69.7 Å². The normalized spacial score (nSPS) is 55.8. The third kappa shape index (κ3) is 2.85. The highest BCUT2D eigenvalue weighted by molar-refractivity contribution is 6.00. The fourth-order valence-corrected chi connectivity index (χ4v) is 12.3. The minimum absolute atomic E-state index is 0.00294. The van der Waals surface area contributed by atoms with Gasteiger partial charge in [0.25, 0.3) is 0 Å². The summed E-state index contributed by atoms with van der Waals surface area (Å²) in [7, 11) is 0. The summed E-state index contributed by atoms with van der Waals surface area (Å²) in [6.45, 7) is 18.0. The van der Waals surface area contributed by atoms with E-state index in [9.17, 15) is 14.4 Å². The summed E-state index contributed by atoms with van der Waals surface area (Å²) in [5, 5.41) is 0. The number of esters is 2. The Balaban J connectivity index is 1.37. The van der Waals surface area contributed by atoms with E-state index in [2.05, 4.69) is 41.5 Å². The molecule has 37 heavy (non-hydrogen) atoms. The van der Waals surface area contributed by atoms with Gasteiger partial charge in [-0.2, -0.15) is 0 Å². The van der Waals surface area contributed by atoms with Crippen molar-refractivity contribution in [3.8, 4) is 0 Å². The van der Waals surface area contributed by atoms with Gasteiger partial charge in [0.1, 0.15) is 6.10 Å². The summed E-state index contributed by atoms with van der Waals surface area (Å²) in [6, 6.07) is 0. The Labute approximate surface area is 223 Å². The highest BCUT2D eigenvalue weighted by Crippen LogP contribution is 2.78. The van der Waals surface area contributed by atoms with Crippen LogP contribution in [0.4, 0.5) is 0 Å². The molecule has 7 aliphatic rings. The van der Waals surface area contributed by atoms with E-state index in [-0.39, 0.29) is 57.3 Å². The second-order valence-corrected chi connectivity index (χ2v) is 15.7. The van der Waals surface area contributed by atoms with Crippen molar-refractivity contribution in [1.82, 2.24) is 0 Å². The number of ketones is 1. The zero-order valence-electron chi connectivity index (χ0n) is 24.4. The lowest BCUT2D eigenvalue weighted by Crippen LogP contribution is -2.74. The molecule has 2 bridgehead atoms. The molecule has 0 aromatic carbocycles. The number of ether oxygens (including phenoxy) is 2. The van der Waals surface area contributed by atoms with Crippen molar-refractivity contribution in [3.63, 3.8) is 0 Å². The van der Waals surface area contributed by atoms with Gasteiger partial charge in [-0.3, -0.25) is 14.4 Å². The first-order valence-corrected chi connectivity index (χ1v) is 15.0. The molecule has 2 heterocycles. The largest absolute Gasteiger partial charge is 0.462 e. The number of carbonyl (C=O) groups excluding carboxylic acids is 3. The molecular formula is C32H48O5. The molecule has 5 heteroatoms. The van der Waals surface area contributed by atoms with Gasteiger partial charge < -0.3 is 9.47 Å². The molecule has 0 amide bonds. The smallest absolute Gasteiger partial charge is 0.313 e. The van der Waals surface area contributed by atoms with Crippen molar-refractivity contribution in [1.29, 1.82) is 0 Å². The van der Waals surface area contributed by atoms with E-state index < -0.39 is 11.0 Å². The molecule has 206 valence electrons. The molecule has 7 fully saturated rings. The lowest BCUT2D eigenvalue weighted by atomic mass is 9.30. The van der Waals surface area contributed by atoms with E-state index >= 15 is 0 Å². The lowest BCUT2D eigenvalue weighted by Gasteiger charge is -2.74. The molecule has 0 radical (unpaired) electrons. The standard InChI is InChI=1S/C32H48O5/c1-18-25-20-9-10-22-28(5)13-12-24(36-19(2)33)27(3,4)21(28)11-14-30(22,7)29(20,6)15-16-32(25)17-23(34)31(18,8)37-26(32)35/h18,20-22,24-25H,9-17H2,1-8H3/t18-,20+,21+,22-,24+,25-,28-,29-,30+,31-,32-/m1/s1. The van der Waals surface area contributed by atoms with Gasteiger partial charge in [0, 0.05) is 24.7 Å². The maximum Gasteiger partial charge on any atom is 0.313 e. The fraction of sp³-hybridized carbons (Fsp3) is 0.906. The van der Waals surface area contributed by atoms with Crippen LogP contribution < -0.4 is 0 Å².